The Morgan fingerprint density at radius 2 is 1.62 bits per heavy atom. The van der Waals surface area contributed by atoms with Crippen molar-refractivity contribution in [2.45, 2.75) is 18.9 Å². The number of benzene rings is 3. The summed E-state index contributed by atoms with van der Waals surface area (Å²) in [4.78, 5) is 25.4. The number of carbonyl (C=O) groups excluding carboxylic acids is 1. The summed E-state index contributed by atoms with van der Waals surface area (Å²) in [6.07, 6.45) is -0.988. The van der Waals surface area contributed by atoms with Crippen molar-refractivity contribution in [1.82, 2.24) is 4.90 Å². The predicted octanol–water partition coefficient (Wildman–Crippen LogP) is 4.66. The number of non-ortho nitro benzene ring substituents is 1. The number of esters is 1. The van der Waals surface area contributed by atoms with Crippen molar-refractivity contribution in [3.8, 4) is 0 Å². The summed E-state index contributed by atoms with van der Waals surface area (Å²) in [5.41, 5.74) is 2.76. The Bertz CT molecular complexity index is 1060. The smallest absolute Gasteiger partial charge is 0.312 e. The molecule has 4 rings (SSSR count). The maximum absolute atomic E-state index is 12.7. The lowest BCUT2D eigenvalue weighted by atomic mass is 9.92. The van der Waals surface area contributed by atoms with Gasteiger partial charge in [-0.25, -0.2) is 0 Å². The van der Waals surface area contributed by atoms with Crippen molar-refractivity contribution in [2.75, 3.05) is 13.7 Å². The van der Waals surface area contributed by atoms with Gasteiger partial charge < -0.3 is 9.47 Å². The number of ether oxygens (including phenoxy) is 2. The molecule has 3 atom stereocenters. The molecule has 0 amide bonds. The third kappa shape index (κ3) is 4.69. The van der Waals surface area contributed by atoms with Crippen molar-refractivity contribution in [2.24, 2.45) is 5.92 Å². The molecule has 1 unspecified atom stereocenters. The van der Waals surface area contributed by atoms with E-state index in [1.54, 1.807) is 12.1 Å². The SMILES string of the molecule is COC(=O)[C@H]1CN(Cc2ccccc2)C(c2ccc([N+](=O)[O-])cc2)O[C@H]1c1ccccc1. The fraction of sp³-hybridized carbons (Fsp3) is 0.240. The summed E-state index contributed by atoms with van der Waals surface area (Å²) in [6, 6.07) is 25.9. The van der Waals surface area contributed by atoms with Crippen molar-refractivity contribution < 1.29 is 19.2 Å². The van der Waals surface area contributed by atoms with Crippen LogP contribution in [0.4, 0.5) is 5.69 Å². The molecule has 3 aromatic rings. The lowest BCUT2D eigenvalue weighted by Crippen LogP contribution is -2.46. The van der Waals surface area contributed by atoms with E-state index in [0.29, 0.717) is 13.1 Å². The van der Waals surface area contributed by atoms with E-state index >= 15 is 0 Å². The minimum absolute atomic E-state index is 0.0196. The summed E-state index contributed by atoms with van der Waals surface area (Å²) in [5.74, 6) is -0.848. The lowest BCUT2D eigenvalue weighted by Gasteiger charge is -2.43. The number of nitrogens with zero attached hydrogens (tertiary/aromatic N) is 2. The van der Waals surface area contributed by atoms with Crippen molar-refractivity contribution in [3.63, 3.8) is 0 Å². The second kappa shape index (κ2) is 9.72. The molecule has 0 aromatic heterocycles. The van der Waals surface area contributed by atoms with E-state index in [1.165, 1.54) is 19.2 Å². The van der Waals surface area contributed by atoms with E-state index in [9.17, 15) is 14.9 Å². The largest absolute Gasteiger partial charge is 0.469 e. The van der Waals surface area contributed by atoms with Crippen LogP contribution in [0.5, 0.6) is 0 Å². The third-order valence-electron chi connectivity index (χ3n) is 5.65. The Kier molecular flexibility index (Phi) is 6.58. The number of methoxy groups -OCH3 is 1. The minimum Gasteiger partial charge on any atom is -0.469 e. The standard InChI is InChI=1S/C25H24N2O5/c1-31-25(28)22-17-26(16-18-8-4-2-5-9-18)24(20-12-14-21(15-13-20)27(29)30)32-23(22)19-10-6-3-7-11-19/h2-15,22-24H,16-17H2,1H3/t22-,23-,24?/m0/s1. The molecule has 1 saturated heterocycles. The van der Waals surface area contributed by atoms with E-state index in [0.717, 1.165) is 16.7 Å². The molecule has 3 aromatic carbocycles. The quantitative estimate of drug-likeness (QED) is 0.320. The molecular formula is C25H24N2O5. The molecule has 164 valence electrons. The zero-order chi connectivity index (χ0) is 22.5. The topological polar surface area (TPSA) is 81.9 Å². The van der Waals surface area contributed by atoms with E-state index in [1.807, 2.05) is 60.7 Å². The van der Waals surface area contributed by atoms with Crippen LogP contribution < -0.4 is 0 Å². The molecule has 0 spiro atoms. The summed E-state index contributed by atoms with van der Waals surface area (Å²) in [5, 5.41) is 11.1. The van der Waals surface area contributed by atoms with E-state index in [4.69, 9.17) is 9.47 Å². The molecule has 7 nitrogen and oxygen atoms in total. The summed E-state index contributed by atoms with van der Waals surface area (Å²) >= 11 is 0. The van der Waals surface area contributed by atoms with Gasteiger partial charge >= 0.3 is 5.97 Å². The van der Waals surface area contributed by atoms with Gasteiger partial charge in [0.25, 0.3) is 5.69 Å². The van der Waals surface area contributed by atoms with Gasteiger partial charge in [-0.15, -0.1) is 0 Å². The molecule has 0 aliphatic carbocycles. The van der Waals surface area contributed by atoms with E-state index in [-0.39, 0.29) is 11.7 Å². The molecule has 0 N–H and O–H groups in total. The number of rotatable bonds is 6. The zero-order valence-electron chi connectivity index (χ0n) is 17.7. The first-order chi connectivity index (χ1) is 15.6. The highest BCUT2D eigenvalue weighted by Gasteiger charge is 2.42. The first-order valence-electron chi connectivity index (χ1n) is 10.4. The van der Waals surface area contributed by atoms with Gasteiger partial charge in [0.05, 0.1) is 18.1 Å². The molecule has 0 saturated carbocycles. The van der Waals surface area contributed by atoms with Crippen LogP contribution in [0.2, 0.25) is 0 Å². The highest BCUT2D eigenvalue weighted by Crippen LogP contribution is 2.41. The third-order valence-corrected chi connectivity index (χ3v) is 5.65. The minimum atomic E-state index is -0.514. The van der Waals surface area contributed by atoms with Crippen LogP contribution in [0.25, 0.3) is 0 Å². The molecular weight excluding hydrogens is 408 g/mol. The Morgan fingerprint density at radius 3 is 2.22 bits per heavy atom. The molecule has 1 aliphatic rings. The number of hydrogen-bond donors (Lipinski definition) is 0. The Labute approximate surface area is 186 Å². The maximum atomic E-state index is 12.7. The fourth-order valence-electron chi connectivity index (χ4n) is 4.08. The van der Waals surface area contributed by atoms with Crippen molar-refractivity contribution >= 4 is 11.7 Å². The van der Waals surface area contributed by atoms with Crippen LogP contribution in [-0.2, 0) is 20.8 Å². The second-order valence-electron chi connectivity index (χ2n) is 7.71. The van der Waals surface area contributed by atoms with Crippen LogP contribution in [0.3, 0.4) is 0 Å². The molecule has 1 heterocycles. The highest BCUT2D eigenvalue weighted by molar-refractivity contribution is 5.73. The summed E-state index contributed by atoms with van der Waals surface area (Å²) in [7, 11) is 1.38. The highest BCUT2D eigenvalue weighted by atomic mass is 16.6. The van der Waals surface area contributed by atoms with Gasteiger partial charge in [-0.1, -0.05) is 60.7 Å². The Balaban J connectivity index is 1.72. The first-order valence-corrected chi connectivity index (χ1v) is 10.4. The number of nitro benzene ring substituents is 1. The average Bonchev–Trinajstić information content (AvgIpc) is 2.84. The van der Waals surface area contributed by atoms with Crippen LogP contribution >= 0.6 is 0 Å². The predicted molar refractivity (Wildman–Crippen MR) is 118 cm³/mol. The first kappa shape index (κ1) is 21.7. The van der Waals surface area contributed by atoms with Crippen LogP contribution in [0.15, 0.2) is 84.9 Å². The van der Waals surface area contributed by atoms with Gasteiger partial charge in [-0.3, -0.25) is 19.8 Å². The normalized spacial score (nSPS) is 21.1. The Morgan fingerprint density at radius 1 is 1.00 bits per heavy atom. The molecule has 32 heavy (non-hydrogen) atoms. The molecule has 7 heteroatoms. The van der Waals surface area contributed by atoms with Crippen LogP contribution in [0, 0.1) is 16.0 Å². The molecule has 1 fully saturated rings. The second-order valence-corrected chi connectivity index (χ2v) is 7.71. The van der Waals surface area contributed by atoms with E-state index < -0.39 is 23.2 Å². The van der Waals surface area contributed by atoms with E-state index in [2.05, 4.69) is 4.90 Å². The number of carbonyl (C=O) groups is 1. The van der Waals surface area contributed by atoms with Gasteiger partial charge in [0.1, 0.15) is 12.1 Å². The van der Waals surface area contributed by atoms with Gasteiger partial charge in [-0.05, 0) is 28.8 Å². The fourth-order valence-corrected chi connectivity index (χ4v) is 4.08. The van der Waals surface area contributed by atoms with Crippen LogP contribution in [-0.4, -0.2) is 29.4 Å². The van der Waals surface area contributed by atoms with Gasteiger partial charge in [0.2, 0.25) is 0 Å². The zero-order valence-corrected chi connectivity index (χ0v) is 17.7. The molecule has 1 aliphatic heterocycles. The van der Waals surface area contributed by atoms with Gasteiger partial charge in [0, 0.05) is 25.2 Å². The Hall–Kier alpha value is -3.55. The summed E-state index contributed by atoms with van der Waals surface area (Å²) < 4.78 is 11.6. The van der Waals surface area contributed by atoms with Crippen molar-refractivity contribution in [3.05, 3.63) is 112 Å². The average molecular weight is 432 g/mol. The van der Waals surface area contributed by atoms with Gasteiger partial charge in [0.15, 0.2) is 0 Å². The number of hydrogen-bond acceptors (Lipinski definition) is 6. The number of nitro groups is 1. The van der Waals surface area contributed by atoms with Crippen molar-refractivity contribution in [1.29, 1.82) is 0 Å². The van der Waals surface area contributed by atoms with Gasteiger partial charge in [-0.2, -0.15) is 0 Å². The lowest BCUT2D eigenvalue weighted by molar-refractivity contribution is -0.384. The maximum Gasteiger partial charge on any atom is 0.312 e. The molecule has 0 bridgehead atoms. The monoisotopic (exact) mass is 432 g/mol. The molecule has 0 radical (unpaired) electrons. The summed E-state index contributed by atoms with van der Waals surface area (Å²) in [6.45, 7) is 0.973. The van der Waals surface area contributed by atoms with Crippen LogP contribution in [0.1, 0.15) is 29.0 Å².